The fourth-order valence-electron chi connectivity index (χ4n) is 2.64. The minimum atomic E-state index is -0.600. The Hall–Kier alpha value is -0.880. The fraction of sp³-hybridized carbons (Fsp3) is 0.812. The Bertz CT molecular complexity index is 447. The van der Waals surface area contributed by atoms with E-state index in [1.165, 1.54) is 5.57 Å². The number of rotatable bonds is 3. The zero-order valence-corrected chi connectivity index (χ0v) is 14.7. The zero-order valence-electron chi connectivity index (χ0n) is 13.9. The van der Waals surface area contributed by atoms with Crippen LogP contribution >= 0.6 is 0 Å². The Kier molecular flexibility index (Phi) is 6.03. The largest absolute Gasteiger partial charge is 0.444 e. The molecule has 0 bridgehead atoms. The molecule has 0 aromatic carbocycles. The molecule has 0 unspecified atom stereocenters. The van der Waals surface area contributed by atoms with Gasteiger partial charge in [0.1, 0.15) is 5.60 Å². The third-order valence-corrected chi connectivity index (χ3v) is 5.34. The van der Waals surface area contributed by atoms with Gasteiger partial charge in [0.05, 0.1) is 0 Å². The van der Waals surface area contributed by atoms with E-state index in [1.54, 1.807) is 4.90 Å². The number of nitrogens with zero attached hydrogens (tertiary/aromatic N) is 1. The highest BCUT2D eigenvalue weighted by Gasteiger charge is 2.24. The highest BCUT2D eigenvalue weighted by Crippen LogP contribution is 2.16. The van der Waals surface area contributed by atoms with Crippen molar-refractivity contribution in [1.82, 2.24) is 10.2 Å². The van der Waals surface area contributed by atoms with Crippen LogP contribution in [0.4, 0.5) is 4.79 Å². The predicted octanol–water partition coefficient (Wildman–Crippen LogP) is 2.05. The standard InChI is InChI=1S/C16H28N2O3S/c1-16(2,3)21-15(19)18-8-4-13(5-9-18)12-17-14-6-10-22(20)11-7-14/h4,14,17H,5-12H2,1-3H3. The normalized spacial score (nSPS) is 26.5. The highest BCUT2D eigenvalue weighted by atomic mass is 32.2. The molecule has 0 atom stereocenters. The molecular formula is C16H28N2O3S. The van der Waals surface area contributed by atoms with Crippen LogP contribution in [0.25, 0.3) is 0 Å². The van der Waals surface area contributed by atoms with Crippen LogP contribution in [0.15, 0.2) is 11.6 Å². The number of ether oxygens (including phenoxy) is 1. The second-order valence-electron chi connectivity index (χ2n) is 7.04. The molecule has 1 amide bonds. The lowest BCUT2D eigenvalue weighted by atomic mass is 10.1. The molecule has 2 aliphatic heterocycles. The van der Waals surface area contributed by atoms with E-state index in [9.17, 15) is 9.00 Å². The van der Waals surface area contributed by atoms with E-state index >= 15 is 0 Å². The lowest BCUT2D eigenvalue weighted by molar-refractivity contribution is 0.0265. The minimum absolute atomic E-state index is 0.231. The molecule has 0 radical (unpaired) electrons. The van der Waals surface area contributed by atoms with E-state index in [-0.39, 0.29) is 6.09 Å². The van der Waals surface area contributed by atoms with Gasteiger partial charge in [0, 0.05) is 48.0 Å². The molecule has 1 N–H and O–H groups in total. The van der Waals surface area contributed by atoms with Crippen molar-refractivity contribution in [3.05, 3.63) is 11.6 Å². The molecule has 0 saturated carbocycles. The van der Waals surface area contributed by atoms with E-state index in [1.807, 2.05) is 20.8 Å². The molecule has 0 spiro atoms. The number of carbonyl (C=O) groups is 1. The molecule has 6 heteroatoms. The van der Waals surface area contributed by atoms with Crippen molar-refractivity contribution >= 4 is 16.9 Å². The van der Waals surface area contributed by atoms with Crippen molar-refractivity contribution in [2.24, 2.45) is 0 Å². The van der Waals surface area contributed by atoms with Gasteiger partial charge in [-0.25, -0.2) is 4.79 Å². The summed E-state index contributed by atoms with van der Waals surface area (Å²) in [5.74, 6) is 1.65. The number of amides is 1. The Morgan fingerprint density at radius 3 is 2.64 bits per heavy atom. The summed E-state index contributed by atoms with van der Waals surface area (Å²) in [5.41, 5.74) is 0.912. The molecule has 1 saturated heterocycles. The molecule has 1 fully saturated rings. The van der Waals surface area contributed by atoms with Gasteiger partial charge in [-0.05, 0) is 40.0 Å². The van der Waals surface area contributed by atoms with Gasteiger partial charge >= 0.3 is 6.09 Å². The Morgan fingerprint density at radius 1 is 1.41 bits per heavy atom. The lowest BCUT2D eigenvalue weighted by Gasteiger charge is -2.30. The van der Waals surface area contributed by atoms with Gasteiger partial charge in [0.15, 0.2) is 0 Å². The van der Waals surface area contributed by atoms with E-state index in [0.717, 1.165) is 43.9 Å². The van der Waals surface area contributed by atoms with Gasteiger partial charge < -0.3 is 15.0 Å². The monoisotopic (exact) mass is 328 g/mol. The summed E-state index contributed by atoms with van der Waals surface area (Å²) in [6, 6.07) is 0.488. The van der Waals surface area contributed by atoms with E-state index in [4.69, 9.17) is 4.74 Å². The maximum atomic E-state index is 12.0. The number of hydrogen-bond acceptors (Lipinski definition) is 4. The first kappa shape index (κ1) is 17.5. The van der Waals surface area contributed by atoms with Gasteiger partial charge in [0.2, 0.25) is 0 Å². The average Bonchev–Trinajstić information content (AvgIpc) is 2.45. The molecule has 0 aromatic rings. The summed E-state index contributed by atoms with van der Waals surface area (Å²) in [6.07, 6.45) is 4.80. The average molecular weight is 328 g/mol. The van der Waals surface area contributed by atoms with Crippen LogP contribution in [0.5, 0.6) is 0 Å². The van der Waals surface area contributed by atoms with Crippen molar-refractivity contribution in [1.29, 1.82) is 0 Å². The second kappa shape index (κ2) is 7.59. The summed E-state index contributed by atoms with van der Waals surface area (Å²) in [6.45, 7) is 7.88. The first-order chi connectivity index (χ1) is 10.3. The van der Waals surface area contributed by atoms with Crippen molar-refractivity contribution in [3.63, 3.8) is 0 Å². The quantitative estimate of drug-likeness (QED) is 0.806. The smallest absolute Gasteiger partial charge is 0.410 e. The molecule has 126 valence electrons. The first-order valence-corrected chi connectivity index (χ1v) is 9.56. The van der Waals surface area contributed by atoms with Gasteiger partial charge in [-0.3, -0.25) is 4.21 Å². The summed E-state index contributed by atoms with van der Waals surface area (Å²) in [7, 11) is -0.600. The molecule has 2 rings (SSSR count). The second-order valence-corrected chi connectivity index (χ2v) is 8.74. The molecule has 5 nitrogen and oxygen atoms in total. The lowest BCUT2D eigenvalue weighted by Crippen LogP contribution is -2.41. The van der Waals surface area contributed by atoms with Crippen LogP contribution in [-0.4, -0.2) is 58.0 Å². The van der Waals surface area contributed by atoms with Crippen molar-refractivity contribution in [2.75, 3.05) is 31.1 Å². The predicted molar refractivity (Wildman–Crippen MR) is 89.4 cm³/mol. The third-order valence-electron chi connectivity index (χ3n) is 3.96. The summed E-state index contributed by atoms with van der Waals surface area (Å²) in [4.78, 5) is 13.7. The maximum absolute atomic E-state index is 12.0. The third kappa shape index (κ3) is 5.72. The number of hydrogen-bond donors (Lipinski definition) is 1. The van der Waals surface area contributed by atoms with E-state index in [2.05, 4.69) is 11.4 Å². The zero-order chi connectivity index (χ0) is 16.2. The van der Waals surface area contributed by atoms with Crippen molar-refractivity contribution in [3.8, 4) is 0 Å². The van der Waals surface area contributed by atoms with E-state index < -0.39 is 16.4 Å². The fourth-order valence-corrected chi connectivity index (χ4v) is 3.94. The Labute approximate surface area is 135 Å². The maximum Gasteiger partial charge on any atom is 0.410 e. The van der Waals surface area contributed by atoms with Crippen LogP contribution < -0.4 is 5.32 Å². The van der Waals surface area contributed by atoms with Crippen LogP contribution in [0, 0.1) is 0 Å². The molecule has 22 heavy (non-hydrogen) atoms. The Morgan fingerprint density at radius 2 is 2.09 bits per heavy atom. The summed E-state index contributed by atoms with van der Waals surface area (Å²) in [5, 5.41) is 3.56. The minimum Gasteiger partial charge on any atom is -0.444 e. The van der Waals surface area contributed by atoms with Crippen LogP contribution in [0.2, 0.25) is 0 Å². The Balaban J connectivity index is 1.72. The van der Waals surface area contributed by atoms with Gasteiger partial charge in [-0.1, -0.05) is 11.6 Å². The van der Waals surface area contributed by atoms with E-state index in [0.29, 0.717) is 12.6 Å². The highest BCUT2D eigenvalue weighted by molar-refractivity contribution is 7.85. The summed E-state index contributed by atoms with van der Waals surface area (Å²) < 4.78 is 16.7. The first-order valence-electron chi connectivity index (χ1n) is 8.08. The van der Waals surface area contributed by atoms with Crippen LogP contribution in [-0.2, 0) is 15.5 Å². The van der Waals surface area contributed by atoms with Gasteiger partial charge in [0.25, 0.3) is 0 Å². The molecule has 0 aliphatic carbocycles. The number of carbonyl (C=O) groups excluding carboxylic acids is 1. The van der Waals surface area contributed by atoms with Gasteiger partial charge in [-0.2, -0.15) is 0 Å². The van der Waals surface area contributed by atoms with Crippen molar-refractivity contribution in [2.45, 2.75) is 51.7 Å². The topological polar surface area (TPSA) is 58.6 Å². The van der Waals surface area contributed by atoms with Crippen molar-refractivity contribution < 1.29 is 13.7 Å². The van der Waals surface area contributed by atoms with Crippen LogP contribution in [0.3, 0.4) is 0 Å². The molecule has 2 aliphatic rings. The summed E-state index contributed by atoms with van der Waals surface area (Å²) >= 11 is 0. The SMILES string of the molecule is CC(C)(C)OC(=O)N1CC=C(CNC2CCS(=O)CC2)CC1. The molecule has 0 aromatic heterocycles. The van der Waals surface area contributed by atoms with Gasteiger partial charge in [-0.15, -0.1) is 0 Å². The molecular weight excluding hydrogens is 300 g/mol. The molecule has 2 heterocycles. The number of nitrogens with one attached hydrogen (secondary N) is 1. The van der Waals surface area contributed by atoms with Crippen LogP contribution in [0.1, 0.15) is 40.0 Å².